The van der Waals surface area contributed by atoms with Crippen LogP contribution in [0.2, 0.25) is 5.02 Å². The lowest BCUT2D eigenvalue weighted by Crippen LogP contribution is -2.37. The monoisotopic (exact) mass is 362 g/mol. The number of morpholine rings is 1. The molecule has 0 saturated carbocycles. The first kappa shape index (κ1) is 19.3. The van der Waals surface area contributed by atoms with Crippen molar-refractivity contribution in [1.82, 2.24) is 15.5 Å². The van der Waals surface area contributed by atoms with Crippen LogP contribution >= 0.6 is 11.6 Å². The van der Waals surface area contributed by atoms with Crippen molar-refractivity contribution in [3.63, 3.8) is 0 Å². The van der Waals surface area contributed by atoms with Crippen LogP contribution in [0.25, 0.3) is 0 Å². The van der Waals surface area contributed by atoms with Crippen molar-refractivity contribution in [2.45, 2.75) is 13.0 Å². The van der Waals surface area contributed by atoms with Crippen LogP contribution in [0, 0.1) is 11.3 Å². The van der Waals surface area contributed by atoms with Crippen molar-refractivity contribution in [3.05, 3.63) is 46.6 Å². The summed E-state index contributed by atoms with van der Waals surface area (Å²) in [6.45, 7) is 5.47. The first-order valence-corrected chi connectivity index (χ1v) is 8.74. The zero-order chi connectivity index (χ0) is 17.9. The summed E-state index contributed by atoms with van der Waals surface area (Å²) >= 11 is 6.05. The number of nitriles is 1. The van der Waals surface area contributed by atoms with E-state index >= 15 is 0 Å². The van der Waals surface area contributed by atoms with E-state index in [-0.39, 0.29) is 12.1 Å². The van der Waals surface area contributed by atoms with Crippen molar-refractivity contribution < 1.29 is 9.53 Å². The Morgan fingerprint density at radius 2 is 2.12 bits per heavy atom. The number of hydrogen-bond donors (Lipinski definition) is 2. The SMILES string of the molecule is N#C/C(=C/NCCCN1CCOCC1)C(=O)NCc1ccccc1Cl. The summed E-state index contributed by atoms with van der Waals surface area (Å²) in [5.74, 6) is -0.414. The number of ether oxygens (including phenoxy) is 1. The normalized spacial score (nSPS) is 15.4. The number of carbonyl (C=O) groups excluding carboxylic acids is 1. The fourth-order valence-corrected chi connectivity index (χ4v) is 2.67. The van der Waals surface area contributed by atoms with Gasteiger partial charge in [-0.2, -0.15) is 5.26 Å². The maximum absolute atomic E-state index is 12.1. The molecule has 0 spiro atoms. The summed E-state index contributed by atoms with van der Waals surface area (Å²) in [5.41, 5.74) is 0.867. The second-order valence-electron chi connectivity index (χ2n) is 5.71. The third-order valence-electron chi connectivity index (χ3n) is 3.91. The summed E-state index contributed by atoms with van der Waals surface area (Å²) in [6.07, 6.45) is 2.41. The molecular formula is C18H23ClN4O2. The van der Waals surface area contributed by atoms with Crippen LogP contribution in [-0.2, 0) is 16.1 Å². The van der Waals surface area contributed by atoms with Crippen molar-refractivity contribution in [2.75, 3.05) is 39.4 Å². The number of hydrogen-bond acceptors (Lipinski definition) is 5. The van der Waals surface area contributed by atoms with Crippen LogP contribution in [0.4, 0.5) is 0 Å². The average molecular weight is 363 g/mol. The van der Waals surface area contributed by atoms with Gasteiger partial charge in [0, 0.05) is 37.4 Å². The first-order chi connectivity index (χ1) is 12.2. The van der Waals surface area contributed by atoms with E-state index < -0.39 is 5.91 Å². The lowest BCUT2D eigenvalue weighted by atomic mass is 10.2. The molecule has 134 valence electrons. The maximum atomic E-state index is 12.1. The van der Waals surface area contributed by atoms with Gasteiger partial charge in [-0.25, -0.2) is 0 Å². The van der Waals surface area contributed by atoms with E-state index in [1.54, 1.807) is 6.07 Å². The Balaban J connectivity index is 1.70. The zero-order valence-electron chi connectivity index (χ0n) is 14.1. The second-order valence-corrected chi connectivity index (χ2v) is 6.11. The molecule has 1 amide bonds. The quantitative estimate of drug-likeness (QED) is 0.418. The molecule has 1 saturated heterocycles. The molecular weight excluding hydrogens is 340 g/mol. The van der Waals surface area contributed by atoms with Crippen molar-refractivity contribution in [1.29, 1.82) is 5.26 Å². The van der Waals surface area contributed by atoms with Gasteiger partial charge in [-0.3, -0.25) is 9.69 Å². The van der Waals surface area contributed by atoms with Crippen molar-refractivity contribution >= 4 is 17.5 Å². The Morgan fingerprint density at radius 1 is 1.36 bits per heavy atom. The molecule has 1 aromatic carbocycles. The number of rotatable bonds is 8. The highest BCUT2D eigenvalue weighted by Crippen LogP contribution is 2.14. The molecule has 25 heavy (non-hydrogen) atoms. The van der Waals surface area contributed by atoms with E-state index in [1.165, 1.54) is 6.20 Å². The summed E-state index contributed by atoms with van der Waals surface area (Å²) < 4.78 is 5.31. The molecule has 7 heteroatoms. The average Bonchev–Trinajstić information content (AvgIpc) is 2.64. The molecule has 1 fully saturated rings. The number of benzene rings is 1. The van der Waals surface area contributed by atoms with Gasteiger partial charge in [-0.05, 0) is 24.6 Å². The van der Waals surface area contributed by atoms with Gasteiger partial charge in [0.1, 0.15) is 11.6 Å². The van der Waals surface area contributed by atoms with Gasteiger partial charge in [-0.1, -0.05) is 29.8 Å². The minimum absolute atomic E-state index is 0.0541. The highest BCUT2D eigenvalue weighted by atomic mass is 35.5. The fraction of sp³-hybridized carbons (Fsp3) is 0.444. The molecule has 0 atom stereocenters. The molecule has 0 radical (unpaired) electrons. The molecule has 6 nitrogen and oxygen atoms in total. The zero-order valence-corrected chi connectivity index (χ0v) is 14.9. The molecule has 2 rings (SSSR count). The largest absolute Gasteiger partial charge is 0.390 e. The Hall–Kier alpha value is -2.07. The second kappa shape index (κ2) is 10.7. The van der Waals surface area contributed by atoms with Crippen LogP contribution in [-0.4, -0.2) is 50.2 Å². The molecule has 0 unspecified atom stereocenters. The van der Waals surface area contributed by atoms with Crippen LogP contribution in [0.5, 0.6) is 0 Å². The lowest BCUT2D eigenvalue weighted by molar-refractivity contribution is -0.117. The predicted octanol–water partition coefficient (Wildman–Crippen LogP) is 1.68. The third kappa shape index (κ3) is 6.75. The molecule has 1 aliphatic rings. The highest BCUT2D eigenvalue weighted by molar-refractivity contribution is 6.31. The van der Waals surface area contributed by atoms with Crippen LogP contribution < -0.4 is 10.6 Å². The van der Waals surface area contributed by atoms with E-state index in [1.807, 2.05) is 24.3 Å². The van der Waals surface area contributed by atoms with Gasteiger partial charge >= 0.3 is 0 Å². The number of nitrogens with zero attached hydrogens (tertiary/aromatic N) is 2. The number of nitrogens with one attached hydrogen (secondary N) is 2. The smallest absolute Gasteiger partial charge is 0.263 e. The minimum atomic E-state index is -0.414. The number of halogens is 1. The molecule has 1 aliphatic heterocycles. The van der Waals surface area contributed by atoms with E-state index in [9.17, 15) is 4.79 Å². The maximum Gasteiger partial charge on any atom is 0.263 e. The summed E-state index contributed by atoms with van der Waals surface area (Å²) in [7, 11) is 0. The Kier molecular flexibility index (Phi) is 8.26. The Bertz CT molecular complexity index is 636. The summed E-state index contributed by atoms with van der Waals surface area (Å²) in [5, 5.41) is 15.5. The predicted molar refractivity (Wildman–Crippen MR) is 96.9 cm³/mol. The Labute approximate surface area is 153 Å². The molecule has 0 aliphatic carbocycles. The van der Waals surface area contributed by atoms with Gasteiger partial charge < -0.3 is 15.4 Å². The Morgan fingerprint density at radius 3 is 2.84 bits per heavy atom. The van der Waals surface area contributed by atoms with Gasteiger partial charge in [-0.15, -0.1) is 0 Å². The van der Waals surface area contributed by atoms with Gasteiger partial charge in [0.15, 0.2) is 0 Å². The first-order valence-electron chi connectivity index (χ1n) is 8.36. The molecule has 2 N–H and O–H groups in total. The lowest BCUT2D eigenvalue weighted by Gasteiger charge is -2.26. The van der Waals surface area contributed by atoms with Crippen molar-refractivity contribution in [3.8, 4) is 6.07 Å². The van der Waals surface area contributed by atoms with Gasteiger partial charge in [0.2, 0.25) is 0 Å². The molecule has 1 heterocycles. The highest BCUT2D eigenvalue weighted by Gasteiger charge is 2.10. The van der Waals surface area contributed by atoms with E-state index in [0.29, 0.717) is 11.6 Å². The van der Waals surface area contributed by atoms with Crippen LogP contribution in [0.15, 0.2) is 36.0 Å². The van der Waals surface area contributed by atoms with Crippen LogP contribution in [0.3, 0.4) is 0 Å². The summed E-state index contributed by atoms with van der Waals surface area (Å²) in [4.78, 5) is 14.4. The van der Waals surface area contributed by atoms with E-state index in [0.717, 1.165) is 44.8 Å². The standard InChI is InChI=1S/C18H23ClN4O2/c19-17-5-2-1-4-15(17)14-22-18(24)16(12-20)13-21-6-3-7-23-8-10-25-11-9-23/h1-2,4-5,13,21H,3,6-11,14H2,(H,22,24)/b16-13-. The topological polar surface area (TPSA) is 77.4 Å². The minimum Gasteiger partial charge on any atom is -0.390 e. The van der Waals surface area contributed by atoms with Gasteiger partial charge in [0.05, 0.1) is 13.2 Å². The molecule has 0 aromatic heterocycles. The van der Waals surface area contributed by atoms with Crippen LogP contribution in [0.1, 0.15) is 12.0 Å². The number of carbonyl (C=O) groups is 1. The molecule has 0 bridgehead atoms. The van der Waals surface area contributed by atoms with E-state index in [4.69, 9.17) is 21.6 Å². The van der Waals surface area contributed by atoms with Crippen molar-refractivity contribution in [2.24, 2.45) is 0 Å². The summed E-state index contributed by atoms with van der Waals surface area (Å²) in [6, 6.07) is 9.20. The van der Waals surface area contributed by atoms with E-state index in [2.05, 4.69) is 15.5 Å². The molecule has 1 aromatic rings. The van der Waals surface area contributed by atoms with Gasteiger partial charge in [0.25, 0.3) is 5.91 Å². The third-order valence-corrected chi connectivity index (χ3v) is 4.28. The number of amides is 1. The fourth-order valence-electron chi connectivity index (χ4n) is 2.46.